The normalized spacial score (nSPS) is 12.8. The summed E-state index contributed by atoms with van der Waals surface area (Å²) < 4.78 is 5.65. The van der Waals surface area contributed by atoms with Crippen LogP contribution in [0.1, 0.15) is 24.2 Å². The highest BCUT2D eigenvalue weighted by Gasteiger charge is 2.14. The minimum atomic E-state index is -0.806. The van der Waals surface area contributed by atoms with Crippen LogP contribution < -0.4 is 5.73 Å². The van der Waals surface area contributed by atoms with E-state index in [2.05, 4.69) is 0 Å². The van der Waals surface area contributed by atoms with Crippen LogP contribution in [-0.2, 0) is 11.2 Å². The number of nitrogens with two attached hydrogens (primary N) is 1. The van der Waals surface area contributed by atoms with Crippen molar-refractivity contribution >= 4 is 16.9 Å². The molecule has 1 aromatic heterocycles. The zero-order valence-electron chi connectivity index (χ0n) is 10.3. The number of carboxylic acids is 1. The molecular weight excluding hydrogens is 230 g/mol. The first-order chi connectivity index (χ1) is 8.58. The second kappa shape index (κ2) is 5.23. The van der Waals surface area contributed by atoms with Crippen molar-refractivity contribution in [3.8, 4) is 0 Å². The number of fused-ring (bicyclic) bond motifs is 1. The molecule has 18 heavy (non-hydrogen) atoms. The Kier molecular flexibility index (Phi) is 3.67. The van der Waals surface area contributed by atoms with Gasteiger partial charge in [0.15, 0.2) is 0 Å². The number of carbonyl (C=O) groups is 1. The standard InChI is InChI=1S/C14H17NO3/c1-9-12(8-10(15)6-7-14(16)17)11-4-2-3-5-13(11)18-9/h2-5,10H,6-8,15H2,1H3,(H,16,17). The summed E-state index contributed by atoms with van der Waals surface area (Å²) in [4.78, 5) is 10.5. The summed E-state index contributed by atoms with van der Waals surface area (Å²) in [6.07, 6.45) is 1.24. The van der Waals surface area contributed by atoms with E-state index in [1.807, 2.05) is 31.2 Å². The Bertz CT molecular complexity index is 559. The van der Waals surface area contributed by atoms with Gasteiger partial charge in [-0.05, 0) is 25.8 Å². The van der Waals surface area contributed by atoms with Gasteiger partial charge in [0.05, 0.1) is 0 Å². The van der Waals surface area contributed by atoms with Crippen molar-refractivity contribution < 1.29 is 14.3 Å². The lowest BCUT2D eigenvalue weighted by atomic mass is 10.00. The van der Waals surface area contributed by atoms with E-state index in [9.17, 15) is 4.79 Å². The minimum absolute atomic E-state index is 0.107. The van der Waals surface area contributed by atoms with Crippen LogP contribution in [0.2, 0.25) is 0 Å². The molecule has 3 N–H and O–H groups in total. The summed E-state index contributed by atoms with van der Waals surface area (Å²) in [6.45, 7) is 1.92. The van der Waals surface area contributed by atoms with Crippen LogP contribution in [0.4, 0.5) is 0 Å². The molecule has 0 bridgehead atoms. The van der Waals surface area contributed by atoms with Crippen molar-refractivity contribution in [1.82, 2.24) is 0 Å². The largest absolute Gasteiger partial charge is 0.481 e. The van der Waals surface area contributed by atoms with Crippen LogP contribution in [-0.4, -0.2) is 17.1 Å². The molecule has 1 aromatic carbocycles. The maximum absolute atomic E-state index is 10.5. The zero-order chi connectivity index (χ0) is 13.1. The molecule has 0 aliphatic carbocycles. The molecule has 96 valence electrons. The van der Waals surface area contributed by atoms with E-state index in [0.717, 1.165) is 22.3 Å². The molecule has 0 fully saturated rings. The van der Waals surface area contributed by atoms with Gasteiger partial charge in [-0.15, -0.1) is 0 Å². The van der Waals surface area contributed by atoms with Gasteiger partial charge in [-0.2, -0.15) is 0 Å². The van der Waals surface area contributed by atoms with Crippen molar-refractivity contribution in [2.45, 2.75) is 32.2 Å². The van der Waals surface area contributed by atoms with Gasteiger partial charge in [0.2, 0.25) is 0 Å². The van der Waals surface area contributed by atoms with Crippen LogP contribution >= 0.6 is 0 Å². The maximum atomic E-state index is 10.5. The first-order valence-corrected chi connectivity index (χ1v) is 6.02. The van der Waals surface area contributed by atoms with E-state index < -0.39 is 5.97 Å². The van der Waals surface area contributed by atoms with Crippen LogP contribution in [0.15, 0.2) is 28.7 Å². The summed E-state index contributed by atoms with van der Waals surface area (Å²) in [5.74, 6) is 0.0567. The molecule has 0 spiro atoms. The highest BCUT2D eigenvalue weighted by atomic mass is 16.4. The fraction of sp³-hybridized carbons (Fsp3) is 0.357. The number of aryl methyl sites for hydroxylation is 1. The number of hydrogen-bond acceptors (Lipinski definition) is 3. The Hall–Kier alpha value is -1.81. The average Bonchev–Trinajstić information content (AvgIpc) is 2.64. The number of rotatable bonds is 5. The molecule has 4 heteroatoms. The van der Waals surface area contributed by atoms with Gasteiger partial charge in [0, 0.05) is 23.4 Å². The van der Waals surface area contributed by atoms with E-state index in [1.165, 1.54) is 0 Å². The summed E-state index contributed by atoms with van der Waals surface area (Å²) in [6, 6.07) is 7.67. The molecule has 2 rings (SSSR count). The quantitative estimate of drug-likeness (QED) is 0.851. The topological polar surface area (TPSA) is 76.5 Å². The van der Waals surface area contributed by atoms with Gasteiger partial charge in [-0.1, -0.05) is 18.2 Å². The van der Waals surface area contributed by atoms with Gasteiger partial charge in [0.25, 0.3) is 0 Å². The SMILES string of the molecule is Cc1oc2ccccc2c1CC(N)CCC(=O)O. The number of hydrogen-bond donors (Lipinski definition) is 2. The average molecular weight is 247 g/mol. The molecular formula is C14H17NO3. The first-order valence-electron chi connectivity index (χ1n) is 6.02. The van der Waals surface area contributed by atoms with Gasteiger partial charge >= 0.3 is 5.97 Å². The second-order valence-electron chi connectivity index (χ2n) is 4.53. The molecule has 1 atom stereocenters. The fourth-order valence-electron chi connectivity index (χ4n) is 2.15. The predicted molar refractivity (Wildman–Crippen MR) is 69.5 cm³/mol. The minimum Gasteiger partial charge on any atom is -0.481 e. The lowest BCUT2D eigenvalue weighted by molar-refractivity contribution is -0.137. The predicted octanol–water partition coefficient (Wildman–Crippen LogP) is 2.48. The monoisotopic (exact) mass is 247 g/mol. The molecule has 4 nitrogen and oxygen atoms in total. The zero-order valence-corrected chi connectivity index (χ0v) is 10.3. The van der Waals surface area contributed by atoms with Gasteiger partial charge < -0.3 is 15.3 Å². The van der Waals surface area contributed by atoms with Crippen LogP contribution in [0.25, 0.3) is 11.0 Å². The molecule has 0 aliphatic rings. The molecule has 0 saturated heterocycles. The van der Waals surface area contributed by atoms with E-state index >= 15 is 0 Å². The summed E-state index contributed by atoms with van der Waals surface area (Å²) in [5, 5.41) is 9.71. The third-order valence-corrected chi connectivity index (χ3v) is 3.10. The van der Waals surface area contributed by atoms with E-state index in [0.29, 0.717) is 12.8 Å². The molecule has 0 aliphatic heterocycles. The van der Waals surface area contributed by atoms with Crippen LogP contribution in [0.5, 0.6) is 0 Å². The van der Waals surface area contributed by atoms with Gasteiger partial charge in [-0.3, -0.25) is 4.79 Å². The second-order valence-corrected chi connectivity index (χ2v) is 4.53. The molecule has 1 unspecified atom stereocenters. The summed E-state index contributed by atoms with van der Waals surface area (Å²) in [7, 11) is 0. The first kappa shape index (κ1) is 12.6. The van der Waals surface area contributed by atoms with E-state index in [-0.39, 0.29) is 12.5 Å². The Labute approximate surface area is 105 Å². The highest BCUT2D eigenvalue weighted by Crippen LogP contribution is 2.26. The Morgan fingerprint density at radius 2 is 2.17 bits per heavy atom. The van der Waals surface area contributed by atoms with Gasteiger partial charge in [0.1, 0.15) is 11.3 Å². The fourth-order valence-corrected chi connectivity index (χ4v) is 2.15. The molecule has 2 aromatic rings. The third-order valence-electron chi connectivity index (χ3n) is 3.10. The van der Waals surface area contributed by atoms with Crippen molar-refractivity contribution in [3.05, 3.63) is 35.6 Å². The van der Waals surface area contributed by atoms with E-state index in [4.69, 9.17) is 15.3 Å². The highest BCUT2D eigenvalue weighted by molar-refractivity contribution is 5.82. The Balaban J connectivity index is 2.15. The lowest BCUT2D eigenvalue weighted by Gasteiger charge is -2.09. The van der Waals surface area contributed by atoms with Crippen LogP contribution in [0.3, 0.4) is 0 Å². The summed E-state index contributed by atoms with van der Waals surface area (Å²) in [5.41, 5.74) is 7.91. The Morgan fingerprint density at radius 3 is 2.89 bits per heavy atom. The maximum Gasteiger partial charge on any atom is 0.303 e. The number of para-hydroxylation sites is 1. The molecule has 0 amide bonds. The Morgan fingerprint density at radius 1 is 1.44 bits per heavy atom. The number of carboxylic acid groups (broad SMARTS) is 1. The molecule has 1 heterocycles. The van der Waals surface area contributed by atoms with Crippen molar-refractivity contribution in [3.63, 3.8) is 0 Å². The third kappa shape index (κ3) is 2.71. The molecule has 0 radical (unpaired) electrons. The van der Waals surface area contributed by atoms with Crippen molar-refractivity contribution in [1.29, 1.82) is 0 Å². The van der Waals surface area contributed by atoms with Gasteiger partial charge in [-0.25, -0.2) is 0 Å². The number of aliphatic carboxylic acids is 1. The lowest BCUT2D eigenvalue weighted by Crippen LogP contribution is -2.24. The smallest absolute Gasteiger partial charge is 0.303 e. The number of furan rings is 1. The van der Waals surface area contributed by atoms with Crippen molar-refractivity contribution in [2.75, 3.05) is 0 Å². The van der Waals surface area contributed by atoms with Crippen molar-refractivity contribution in [2.24, 2.45) is 5.73 Å². The van der Waals surface area contributed by atoms with E-state index in [1.54, 1.807) is 0 Å². The summed E-state index contributed by atoms with van der Waals surface area (Å²) >= 11 is 0. The molecule has 0 saturated carbocycles. The van der Waals surface area contributed by atoms with Crippen LogP contribution in [0, 0.1) is 6.92 Å². The number of benzene rings is 1.